The average molecular weight is 407 g/mol. The van der Waals surface area contributed by atoms with Crippen molar-refractivity contribution in [3.8, 4) is 5.75 Å². The van der Waals surface area contributed by atoms with Crippen LogP contribution < -0.4 is 9.64 Å². The predicted molar refractivity (Wildman–Crippen MR) is 114 cm³/mol. The van der Waals surface area contributed by atoms with Crippen LogP contribution in [0.5, 0.6) is 5.75 Å². The molecule has 0 unspecified atom stereocenters. The highest BCUT2D eigenvalue weighted by Gasteiger charge is 2.35. The molecule has 3 aromatic rings. The molecule has 0 bridgehead atoms. The first kappa shape index (κ1) is 19.9. The summed E-state index contributed by atoms with van der Waals surface area (Å²) < 4.78 is 12.5. The Balaban J connectivity index is 1.66. The second-order valence-electron chi connectivity index (χ2n) is 7.69. The smallest absolute Gasteiger partial charge is 0.326 e. The number of hydrogen-bond acceptors (Lipinski definition) is 5. The number of fused-ring (bicyclic) bond motifs is 1. The van der Waals surface area contributed by atoms with Crippen molar-refractivity contribution in [2.24, 2.45) is 0 Å². The first-order valence-corrected chi connectivity index (χ1v) is 10.1. The summed E-state index contributed by atoms with van der Waals surface area (Å²) in [5.74, 6) is 1.02. The second kappa shape index (κ2) is 8.18. The third-order valence-corrected chi connectivity index (χ3v) is 5.19. The molecule has 1 aliphatic heterocycles. The zero-order valence-corrected chi connectivity index (χ0v) is 17.4. The van der Waals surface area contributed by atoms with E-state index in [2.05, 4.69) is 0 Å². The number of carbonyl (C=O) groups excluding carboxylic acids is 2. The molecule has 2 aromatic carbocycles. The maximum absolute atomic E-state index is 12.8. The summed E-state index contributed by atoms with van der Waals surface area (Å²) in [6, 6.07) is 15.1. The maximum atomic E-state index is 12.8. The van der Waals surface area contributed by atoms with Crippen molar-refractivity contribution in [2.75, 3.05) is 18.6 Å². The van der Waals surface area contributed by atoms with Gasteiger partial charge in [-0.05, 0) is 38.1 Å². The van der Waals surface area contributed by atoms with Gasteiger partial charge in [-0.3, -0.25) is 9.59 Å². The third-order valence-electron chi connectivity index (χ3n) is 5.19. The molecule has 4 rings (SSSR count). The first-order chi connectivity index (χ1) is 14.5. The van der Waals surface area contributed by atoms with E-state index in [-0.39, 0.29) is 30.4 Å². The molecule has 1 atom stereocenters. The summed E-state index contributed by atoms with van der Waals surface area (Å²) in [5.41, 5.74) is 2.46. The van der Waals surface area contributed by atoms with Crippen molar-refractivity contribution >= 4 is 28.6 Å². The van der Waals surface area contributed by atoms with Crippen LogP contribution >= 0.6 is 0 Å². The number of benzene rings is 2. The molecule has 1 saturated heterocycles. The Hall–Kier alpha value is -3.35. The van der Waals surface area contributed by atoms with Crippen LogP contribution in [0.4, 0.5) is 5.69 Å². The zero-order valence-electron chi connectivity index (χ0n) is 17.4. The van der Waals surface area contributed by atoms with E-state index in [1.807, 2.05) is 66.9 Å². The van der Waals surface area contributed by atoms with E-state index in [0.717, 1.165) is 22.5 Å². The molecule has 156 valence electrons. The van der Waals surface area contributed by atoms with Crippen molar-refractivity contribution in [3.05, 3.63) is 54.4 Å². The summed E-state index contributed by atoms with van der Waals surface area (Å²) in [4.78, 5) is 31.7. The van der Waals surface area contributed by atoms with E-state index in [9.17, 15) is 9.59 Å². The highest BCUT2D eigenvalue weighted by molar-refractivity contribution is 5.96. The van der Waals surface area contributed by atoms with E-state index in [4.69, 9.17) is 14.5 Å². The van der Waals surface area contributed by atoms with Crippen LogP contribution in [0.25, 0.3) is 11.0 Å². The minimum Gasteiger partial charge on any atom is -0.497 e. The standard InChI is InChI=1S/C23H25N3O4/c1-15(2)30-22(28)14-26-20-10-5-4-9-19(20)24-23(26)16-11-21(27)25(13-16)17-7-6-8-18(12-17)29-3/h4-10,12,15-16H,11,13-14H2,1-3H3/t16-/m1/s1. The minimum absolute atomic E-state index is 0.0246. The fourth-order valence-electron chi connectivity index (χ4n) is 3.91. The summed E-state index contributed by atoms with van der Waals surface area (Å²) in [6.07, 6.45) is 0.145. The van der Waals surface area contributed by atoms with E-state index in [0.29, 0.717) is 18.7 Å². The fourth-order valence-corrected chi connectivity index (χ4v) is 3.91. The van der Waals surface area contributed by atoms with Gasteiger partial charge < -0.3 is 18.9 Å². The number of esters is 1. The van der Waals surface area contributed by atoms with Crippen LogP contribution in [0.1, 0.15) is 32.0 Å². The Morgan fingerprint density at radius 3 is 2.77 bits per heavy atom. The number of ether oxygens (including phenoxy) is 2. The third kappa shape index (κ3) is 3.87. The number of amides is 1. The largest absolute Gasteiger partial charge is 0.497 e. The van der Waals surface area contributed by atoms with Crippen LogP contribution in [0, 0.1) is 0 Å². The average Bonchev–Trinajstić information content (AvgIpc) is 3.28. The molecule has 0 saturated carbocycles. The Morgan fingerprint density at radius 1 is 1.20 bits per heavy atom. The molecule has 0 aliphatic carbocycles. The molecule has 30 heavy (non-hydrogen) atoms. The maximum Gasteiger partial charge on any atom is 0.326 e. The Bertz CT molecular complexity index is 1090. The van der Waals surface area contributed by atoms with Gasteiger partial charge >= 0.3 is 5.97 Å². The molecule has 1 aromatic heterocycles. The predicted octanol–water partition coefficient (Wildman–Crippen LogP) is 3.52. The molecule has 1 amide bonds. The van der Waals surface area contributed by atoms with Crippen LogP contribution in [0.15, 0.2) is 48.5 Å². The van der Waals surface area contributed by atoms with Crippen LogP contribution in [0.2, 0.25) is 0 Å². The molecule has 1 fully saturated rings. The molecule has 0 radical (unpaired) electrons. The number of methoxy groups -OCH3 is 1. The second-order valence-corrected chi connectivity index (χ2v) is 7.69. The number of carbonyl (C=O) groups is 2. The number of imidazole rings is 1. The van der Waals surface area contributed by atoms with Crippen molar-refractivity contribution in [2.45, 2.75) is 38.8 Å². The lowest BCUT2D eigenvalue weighted by molar-refractivity contribution is -0.148. The summed E-state index contributed by atoms with van der Waals surface area (Å²) >= 11 is 0. The monoisotopic (exact) mass is 407 g/mol. The first-order valence-electron chi connectivity index (χ1n) is 10.1. The lowest BCUT2D eigenvalue weighted by Crippen LogP contribution is -2.25. The van der Waals surface area contributed by atoms with E-state index in [1.54, 1.807) is 12.0 Å². The number of para-hydroxylation sites is 2. The van der Waals surface area contributed by atoms with Crippen LogP contribution in [-0.2, 0) is 20.9 Å². The van der Waals surface area contributed by atoms with Gasteiger partial charge in [-0.2, -0.15) is 0 Å². The molecule has 7 nitrogen and oxygen atoms in total. The molecular weight excluding hydrogens is 382 g/mol. The molecule has 2 heterocycles. The Morgan fingerprint density at radius 2 is 2.00 bits per heavy atom. The normalized spacial score (nSPS) is 16.5. The van der Waals surface area contributed by atoms with Crippen molar-refractivity contribution in [1.82, 2.24) is 9.55 Å². The highest BCUT2D eigenvalue weighted by atomic mass is 16.5. The van der Waals surface area contributed by atoms with Crippen molar-refractivity contribution < 1.29 is 19.1 Å². The van der Waals surface area contributed by atoms with Gasteiger partial charge in [-0.25, -0.2) is 4.98 Å². The number of anilines is 1. The number of aromatic nitrogens is 2. The topological polar surface area (TPSA) is 73.7 Å². The van der Waals surface area contributed by atoms with Gasteiger partial charge in [-0.15, -0.1) is 0 Å². The summed E-state index contributed by atoms with van der Waals surface area (Å²) in [6.45, 7) is 4.21. The quantitative estimate of drug-likeness (QED) is 0.585. The van der Waals surface area contributed by atoms with Crippen LogP contribution in [-0.4, -0.2) is 41.2 Å². The number of rotatable bonds is 6. The van der Waals surface area contributed by atoms with Gasteiger partial charge in [0.05, 0.1) is 24.2 Å². The molecular formula is C23H25N3O4. The van der Waals surface area contributed by atoms with Gasteiger partial charge in [0.15, 0.2) is 0 Å². The zero-order chi connectivity index (χ0) is 21.3. The van der Waals surface area contributed by atoms with Gasteiger partial charge in [0, 0.05) is 30.6 Å². The van der Waals surface area contributed by atoms with Crippen molar-refractivity contribution in [3.63, 3.8) is 0 Å². The lowest BCUT2D eigenvalue weighted by Gasteiger charge is -2.18. The van der Waals surface area contributed by atoms with E-state index in [1.165, 1.54) is 0 Å². The van der Waals surface area contributed by atoms with Gasteiger partial charge in [0.2, 0.25) is 5.91 Å². The summed E-state index contributed by atoms with van der Waals surface area (Å²) in [5, 5.41) is 0. The lowest BCUT2D eigenvalue weighted by atomic mass is 10.1. The minimum atomic E-state index is -0.316. The molecule has 1 aliphatic rings. The number of hydrogen-bond donors (Lipinski definition) is 0. The summed E-state index contributed by atoms with van der Waals surface area (Å²) in [7, 11) is 1.60. The Labute approximate surface area is 175 Å². The Kier molecular flexibility index (Phi) is 5.44. The molecule has 0 spiro atoms. The van der Waals surface area contributed by atoms with Gasteiger partial charge in [0.1, 0.15) is 18.1 Å². The van der Waals surface area contributed by atoms with Crippen LogP contribution in [0.3, 0.4) is 0 Å². The fraction of sp³-hybridized carbons (Fsp3) is 0.348. The molecule has 7 heteroatoms. The van der Waals surface area contributed by atoms with Crippen molar-refractivity contribution in [1.29, 1.82) is 0 Å². The SMILES string of the molecule is COc1cccc(N2C[C@H](c3nc4ccccc4n3CC(=O)OC(C)C)CC2=O)c1. The molecule has 0 N–H and O–H groups in total. The number of nitrogens with zero attached hydrogens (tertiary/aromatic N) is 3. The van der Waals surface area contributed by atoms with E-state index >= 15 is 0 Å². The van der Waals surface area contributed by atoms with Gasteiger partial charge in [0.25, 0.3) is 0 Å². The van der Waals surface area contributed by atoms with E-state index < -0.39 is 0 Å². The highest BCUT2D eigenvalue weighted by Crippen LogP contribution is 2.34. The van der Waals surface area contributed by atoms with Gasteiger partial charge in [-0.1, -0.05) is 18.2 Å².